The van der Waals surface area contributed by atoms with Crippen LogP contribution in [0.1, 0.15) is 51.5 Å². The van der Waals surface area contributed by atoms with Gasteiger partial charge < -0.3 is 19.9 Å². The fraction of sp³-hybridized carbons (Fsp3) is 0.619. The van der Waals surface area contributed by atoms with Crippen molar-refractivity contribution in [2.24, 2.45) is 0 Å². The smallest absolute Gasteiger partial charge is 0.318 e. The Balaban J connectivity index is 1.63. The molecule has 0 spiro atoms. The zero-order valence-corrected chi connectivity index (χ0v) is 16.8. The van der Waals surface area contributed by atoms with Crippen LogP contribution < -0.4 is 10.1 Å². The van der Waals surface area contributed by atoms with Gasteiger partial charge in [-0.15, -0.1) is 0 Å². The van der Waals surface area contributed by atoms with Gasteiger partial charge in [0.05, 0.1) is 7.11 Å². The molecule has 2 heterocycles. The zero-order valence-electron chi connectivity index (χ0n) is 16.8. The molecule has 3 amide bonds. The third-order valence-electron chi connectivity index (χ3n) is 6.20. The lowest BCUT2D eigenvalue weighted by molar-refractivity contribution is -0.129. The van der Waals surface area contributed by atoms with Crippen LogP contribution in [0, 0.1) is 0 Å². The lowest BCUT2D eigenvalue weighted by atomic mass is 9.82. The molecule has 1 atom stereocenters. The lowest BCUT2D eigenvalue weighted by Gasteiger charge is -2.38. The van der Waals surface area contributed by atoms with E-state index in [1.54, 1.807) is 14.0 Å². The average molecular weight is 373 g/mol. The standard InChI is InChI=1S/C21H31N3O3/c1-15(25)23-11-8-17(9-12-23)22-20(26)24-13-10-19(21(24,2)3)16-6-5-7-18(14-16)27-4/h5-7,14,17,19H,8-13H2,1-4H3,(H,22,26). The van der Waals surface area contributed by atoms with Gasteiger partial charge in [-0.25, -0.2) is 4.79 Å². The highest BCUT2D eigenvalue weighted by molar-refractivity contribution is 5.76. The lowest BCUT2D eigenvalue weighted by Crippen LogP contribution is -2.54. The Morgan fingerprint density at radius 1 is 1.15 bits per heavy atom. The molecule has 6 nitrogen and oxygen atoms in total. The number of methoxy groups -OCH3 is 1. The van der Waals surface area contributed by atoms with Crippen LogP contribution in [-0.2, 0) is 4.79 Å². The van der Waals surface area contributed by atoms with Crippen LogP contribution in [0.5, 0.6) is 5.75 Å². The number of hydrogen-bond acceptors (Lipinski definition) is 3. The largest absolute Gasteiger partial charge is 0.497 e. The predicted molar refractivity (Wildman–Crippen MR) is 105 cm³/mol. The van der Waals surface area contributed by atoms with Gasteiger partial charge in [-0.2, -0.15) is 0 Å². The molecule has 27 heavy (non-hydrogen) atoms. The van der Waals surface area contributed by atoms with Crippen molar-refractivity contribution in [1.82, 2.24) is 15.1 Å². The highest BCUT2D eigenvalue weighted by atomic mass is 16.5. The van der Waals surface area contributed by atoms with Crippen LogP contribution in [0.15, 0.2) is 24.3 Å². The van der Waals surface area contributed by atoms with Crippen molar-refractivity contribution in [3.63, 3.8) is 0 Å². The zero-order chi connectivity index (χ0) is 19.6. The molecule has 1 aromatic carbocycles. The van der Waals surface area contributed by atoms with Gasteiger partial charge in [-0.05, 0) is 50.8 Å². The molecule has 0 saturated carbocycles. The second kappa shape index (κ2) is 7.79. The molecule has 0 aliphatic carbocycles. The average Bonchev–Trinajstić information content (AvgIpc) is 2.97. The molecule has 1 N–H and O–H groups in total. The van der Waals surface area contributed by atoms with Crippen LogP contribution in [0.25, 0.3) is 0 Å². The maximum Gasteiger partial charge on any atom is 0.318 e. The molecular formula is C21H31N3O3. The van der Waals surface area contributed by atoms with Crippen molar-refractivity contribution in [3.8, 4) is 5.75 Å². The number of hydrogen-bond donors (Lipinski definition) is 1. The highest BCUT2D eigenvalue weighted by Crippen LogP contribution is 2.42. The molecule has 0 radical (unpaired) electrons. The number of amides is 3. The van der Waals surface area contributed by atoms with Gasteiger partial charge in [0.15, 0.2) is 0 Å². The summed E-state index contributed by atoms with van der Waals surface area (Å²) in [5.41, 5.74) is 0.945. The number of piperidine rings is 1. The van der Waals surface area contributed by atoms with Crippen molar-refractivity contribution in [2.75, 3.05) is 26.7 Å². The number of ether oxygens (including phenoxy) is 1. The van der Waals surface area contributed by atoms with Crippen molar-refractivity contribution >= 4 is 11.9 Å². The minimum atomic E-state index is -0.267. The summed E-state index contributed by atoms with van der Waals surface area (Å²) in [6, 6.07) is 8.30. The SMILES string of the molecule is COc1cccc(C2CCN(C(=O)NC3CCN(C(C)=O)CC3)C2(C)C)c1. The Labute approximate surface area is 161 Å². The fourth-order valence-corrected chi connectivity index (χ4v) is 4.48. The molecular weight excluding hydrogens is 342 g/mol. The first-order valence-electron chi connectivity index (χ1n) is 9.80. The van der Waals surface area contributed by atoms with Crippen LogP contribution >= 0.6 is 0 Å². The fourth-order valence-electron chi connectivity index (χ4n) is 4.48. The van der Waals surface area contributed by atoms with E-state index in [-0.39, 0.29) is 29.4 Å². The van der Waals surface area contributed by atoms with Gasteiger partial charge in [-0.3, -0.25) is 4.79 Å². The minimum absolute atomic E-state index is 0.00618. The maximum absolute atomic E-state index is 13.0. The number of nitrogens with zero attached hydrogens (tertiary/aromatic N) is 2. The van der Waals surface area contributed by atoms with E-state index in [9.17, 15) is 9.59 Å². The van der Waals surface area contributed by atoms with Gasteiger partial charge in [0.25, 0.3) is 0 Å². The monoisotopic (exact) mass is 373 g/mol. The summed E-state index contributed by atoms with van der Waals surface area (Å²) in [4.78, 5) is 28.2. The molecule has 1 unspecified atom stereocenters. The molecule has 3 rings (SSSR count). The predicted octanol–water partition coefficient (Wildman–Crippen LogP) is 2.98. The Bertz CT molecular complexity index is 696. The van der Waals surface area contributed by atoms with E-state index in [1.807, 2.05) is 21.9 Å². The van der Waals surface area contributed by atoms with Crippen LogP contribution in [0.2, 0.25) is 0 Å². The van der Waals surface area contributed by atoms with Crippen molar-refractivity contribution < 1.29 is 14.3 Å². The Morgan fingerprint density at radius 2 is 1.85 bits per heavy atom. The van der Waals surface area contributed by atoms with E-state index in [1.165, 1.54) is 5.56 Å². The van der Waals surface area contributed by atoms with E-state index < -0.39 is 0 Å². The number of carbonyl (C=O) groups is 2. The molecule has 2 saturated heterocycles. The Hall–Kier alpha value is -2.24. The second-order valence-electron chi connectivity index (χ2n) is 8.15. The number of nitrogens with one attached hydrogen (secondary N) is 1. The van der Waals surface area contributed by atoms with Crippen LogP contribution in [0.3, 0.4) is 0 Å². The summed E-state index contributed by atoms with van der Waals surface area (Å²) in [6.45, 7) is 8.06. The summed E-state index contributed by atoms with van der Waals surface area (Å²) in [5.74, 6) is 1.24. The topological polar surface area (TPSA) is 61.9 Å². The summed E-state index contributed by atoms with van der Waals surface area (Å²) in [5, 5.41) is 3.19. The van der Waals surface area contributed by atoms with Crippen molar-refractivity contribution in [2.45, 2.75) is 57.5 Å². The van der Waals surface area contributed by atoms with Crippen molar-refractivity contribution in [1.29, 1.82) is 0 Å². The van der Waals surface area contributed by atoms with Gasteiger partial charge in [0, 0.05) is 44.1 Å². The Morgan fingerprint density at radius 3 is 2.48 bits per heavy atom. The molecule has 1 aromatic rings. The Kier molecular flexibility index (Phi) is 5.63. The molecule has 0 bridgehead atoms. The first-order valence-corrected chi connectivity index (χ1v) is 9.80. The summed E-state index contributed by atoms with van der Waals surface area (Å²) < 4.78 is 5.36. The van der Waals surface area contributed by atoms with E-state index in [4.69, 9.17) is 4.74 Å². The number of urea groups is 1. The van der Waals surface area contributed by atoms with Crippen LogP contribution in [-0.4, -0.2) is 60.1 Å². The van der Waals surface area contributed by atoms with E-state index in [2.05, 4.69) is 31.3 Å². The van der Waals surface area contributed by atoms with Gasteiger partial charge >= 0.3 is 6.03 Å². The van der Waals surface area contributed by atoms with Crippen molar-refractivity contribution in [3.05, 3.63) is 29.8 Å². The third kappa shape index (κ3) is 4.04. The minimum Gasteiger partial charge on any atom is -0.497 e. The molecule has 148 valence electrons. The van der Waals surface area contributed by atoms with E-state index in [0.717, 1.165) is 44.6 Å². The van der Waals surface area contributed by atoms with Gasteiger partial charge in [0.1, 0.15) is 5.75 Å². The summed E-state index contributed by atoms with van der Waals surface area (Å²) in [6.07, 6.45) is 2.58. The van der Waals surface area contributed by atoms with Gasteiger partial charge in [0.2, 0.25) is 5.91 Å². The second-order valence-corrected chi connectivity index (χ2v) is 8.15. The molecule has 6 heteroatoms. The summed E-state index contributed by atoms with van der Waals surface area (Å²) in [7, 11) is 1.68. The molecule has 0 aromatic heterocycles. The maximum atomic E-state index is 13.0. The molecule has 2 aliphatic heterocycles. The van der Waals surface area contributed by atoms with Gasteiger partial charge in [-0.1, -0.05) is 12.1 Å². The normalized spacial score (nSPS) is 22.6. The van der Waals surface area contributed by atoms with E-state index in [0.29, 0.717) is 0 Å². The number of likely N-dealkylation sites (tertiary alicyclic amines) is 2. The summed E-state index contributed by atoms with van der Waals surface area (Å²) >= 11 is 0. The number of benzene rings is 1. The number of rotatable bonds is 3. The quantitative estimate of drug-likeness (QED) is 0.886. The first kappa shape index (κ1) is 19.5. The third-order valence-corrected chi connectivity index (χ3v) is 6.20. The first-order chi connectivity index (χ1) is 12.8. The van der Waals surface area contributed by atoms with Crippen LogP contribution in [0.4, 0.5) is 4.79 Å². The highest BCUT2D eigenvalue weighted by Gasteiger charge is 2.45. The number of carbonyl (C=O) groups excluding carboxylic acids is 2. The molecule has 2 fully saturated rings. The van der Waals surface area contributed by atoms with E-state index >= 15 is 0 Å². The molecule has 2 aliphatic rings.